The first kappa shape index (κ1) is 15.0. The number of hydrogen-bond acceptors (Lipinski definition) is 0. The Kier molecular flexibility index (Phi) is 11.2. The van der Waals surface area contributed by atoms with Crippen LogP contribution in [0, 0.1) is 0 Å². The van der Waals surface area contributed by atoms with Gasteiger partial charge in [-0.1, -0.05) is 82.5 Å². The Labute approximate surface area is 101 Å². The largest absolute Gasteiger partial charge is 0.0882 e. The third kappa shape index (κ3) is 9.51. The van der Waals surface area contributed by atoms with Crippen molar-refractivity contribution in [3.05, 3.63) is 48.0 Å². The molecular weight excluding hydrogens is 192 g/mol. The standard InChI is InChI=1S/C13H18.C3H8/c1-2-3-4-5-7-10-13-11-8-6-9-12-13;1-3-2/h5-9,11-12H,2-4,10H2,1H3;3H2,1-2H3/b7-5+;. The molecule has 1 aromatic rings. The zero-order chi connectivity index (χ0) is 12.1. The highest BCUT2D eigenvalue weighted by Gasteiger charge is 1.85. The maximum Gasteiger partial charge on any atom is -0.00975 e. The summed E-state index contributed by atoms with van der Waals surface area (Å²) in [6.07, 6.45) is 10.7. The number of rotatable bonds is 5. The van der Waals surface area contributed by atoms with E-state index in [0.29, 0.717) is 0 Å². The first-order chi connectivity index (χ1) is 7.85. The van der Waals surface area contributed by atoms with Crippen molar-refractivity contribution >= 4 is 0 Å². The van der Waals surface area contributed by atoms with Crippen molar-refractivity contribution in [2.24, 2.45) is 0 Å². The molecule has 1 rings (SSSR count). The van der Waals surface area contributed by atoms with Crippen LogP contribution in [0.5, 0.6) is 0 Å². The van der Waals surface area contributed by atoms with Gasteiger partial charge in [-0.2, -0.15) is 0 Å². The SMILES string of the molecule is CCC.CCCC/C=C/Cc1ccccc1. The lowest BCUT2D eigenvalue weighted by atomic mass is 10.1. The molecule has 0 aliphatic carbocycles. The van der Waals surface area contributed by atoms with Crippen molar-refractivity contribution in [1.29, 1.82) is 0 Å². The van der Waals surface area contributed by atoms with Crippen molar-refractivity contribution in [3.8, 4) is 0 Å². The summed E-state index contributed by atoms with van der Waals surface area (Å²) >= 11 is 0. The lowest BCUT2D eigenvalue weighted by Crippen LogP contribution is -1.78. The van der Waals surface area contributed by atoms with E-state index in [0.717, 1.165) is 6.42 Å². The Morgan fingerprint density at radius 3 is 2.12 bits per heavy atom. The predicted octanol–water partition coefficient (Wildman–Crippen LogP) is 5.39. The van der Waals surface area contributed by atoms with Gasteiger partial charge in [0.05, 0.1) is 0 Å². The van der Waals surface area contributed by atoms with Gasteiger partial charge in [0.1, 0.15) is 0 Å². The molecule has 0 amide bonds. The molecule has 0 saturated heterocycles. The van der Waals surface area contributed by atoms with Gasteiger partial charge in [0.25, 0.3) is 0 Å². The molecule has 0 heterocycles. The first-order valence-corrected chi connectivity index (χ1v) is 6.54. The van der Waals surface area contributed by atoms with Crippen molar-refractivity contribution in [2.45, 2.75) is 52.9 Å². The van der Waals surface area contributed by atoms with Crippen LogP contribution in [-0.4, -0.2) is 0 Å². The van der Waals surface area contributed by atoms with E-state index in [1.165, 1.54) is 31.2 Å². The maximum atomic E-state index is 2.29. The molecule has 0 aliphatic rings. The van der Waals surface area contributed by atoms with E-state index in [4.69, 9.17) is 0 Å². The highest BCUT2D eigenvalue weighted by atomic mass is 13.9. The second-order valence-electron chi connectivity index (χ2n) is 4.01. The molecular formula is C16H26. The summed E-state index contributed by atoms with van der Waals surface area (Å²) in [5.41, 5.74) is 1.40. The molecule has 0 aliphatic heterocycles. The third-order valence-corrected chi connectivity index (χ3v) is 2.09. The average molecular weight is 218 g/mol. The smallest absolute Gasteiger partial charge is 0.00975 e. The van der Waals surface area contributed by atoms with Gasteiger partial charge in [0.2, 0.25) is 0 Å². The zero-order valence-electron chi connectivity index (χ0n) is 11.1. The summed E-state index contributed by atoms with van der Waals surface area (Å²) < 4.78 is 0. The predicted molar refractivity (Wildman–Crippen MR) is 74.8 cm³/mol. The third-order valence-electron chi connectivity index (χ3n) is 2.09. The Balaban J connectivity index is 0.000000673. The van der Waals surface area contributed by atoms with E-state index in [1.807, 2.05) is 0 Å². The number of hydrogen-bond donors (Lipinski definition) is 0. The summed E-state index contributed by atoms with van der Waals surface area (Å²) in [6.45, 7) is 6.48. The van der Waals surface area contributed by atoms with Crippen molar-refractivity contribution in [3.63, 3.8) is 0 Å². The van der Waals surface area contributed by atoms with Crippen LogP contribution >= 0.6 is 0 Å². The Hall–Kier alpha value is -1.04. The van der Waals surface area contributed by atoms with E-state index in [9.17, 15) is 0 Å². The second-order valence-corrected chi connectivity index (χ2v) is 4.01. The highest BCUT2D eigenvalue weighted by molar-refractivity contribution is 5.17. The van der Waals surface area contributed by atoms with Crippen LogP contribution in [0.3, 0.4) is 0 Å². The van der Waals surface area contributed by atoms with E-state index in [1.54, 1.807) is 0 Å². The minimum Gasteiger partial charge on any atom is -0.0882 e. The molecule has 0 radical (unpaired) electrons. The topological polar surface area (TPSA) is 0 Å². The van der Waals surface area contributed by atoms with E-state index < -0.39 is 0 Å². The fraction of sp³-hybridized carbons (Fsp3) is 0.500. The van der Waals surface area contributed by atoms with Crippen molar-refractivity contribution in [1.82, 2.24) is 0 Å². The quantitative estimate of drug-likeness (QED) is 0.459. The molecule has 0 aromatic heterocycles. The summed E-state index contributed by atoms with van der Waals surface area (Å²) in [6, 6.07) is 10.6. The van der Waals surface area contributed by atoms with Crippen LogP contribution in [-0.2, 0) is 6.42 Å². The van der Waals surface area contributed by atoms with E-state index in [-0.39, 0.29) is 0 Å². The summed E-state index contributed by atoms with van der Waals surface area (Å²) in [5, 5.41) is 0. The monoisotopic (exact) mass is 218 g/mol. The Morgan fingerprint density at radius 1 is 0.938 bits per heavy atom. The fourth-order valence-corrected chi connectivity index (χ4v) is 1.27. The number of unbranched alkanes of at least 4 members (excludes halogenated alkanes) is 2. The lowest BCUT2D eigenvalue weighted by molar-refractivity contribution is 0.813. The van der Waals surface area contributed by atoms with E-state index in [2.05, 4.69) is 63.3 Å². The van der Waals surface area contributed by atoms with Gasteiger partial charge in [0.15, 0.2) is 0 Å². The van der Waals surface area contributed by atoms with Gasteiger partial charge in [-0.05, 0) is 18.4 Å². The molecule has 0 fully saturated rings. The van der Waals surface area contributed by atoms with Crippen LogP contribution in [0.2, 0.25) is 0 Å². The Morgan fingerprint density at radius 2 is 1.56 bits per heavy atom. The van der Waals surface area contributed by atoms with Gasteiger partial charge in [-0.15, -0.1) is 0 Å². The van der Waals surface area contributed by atoms with Crippen LogP contribution in [0.1, 0.15) is 52.0 Å². The van der Waals surface area contributed by atoms with Gasteiger partial charge in [0, 0.05) is 0 Å². The van der Waals surface area contributed by atoms with Crippen LogP contribution in [0.15, 0.2) is 42.5 Å². The summed E-state index contributed by atoms with van der Waals surface area (Å²) in [5.74, 6) is 0. The van der Waals surface area contributed by atoms with Crippen molar-refractivity contribution in [2.75, 3.05) is 0 Å². The molecule has 0 saturated carbocycles. The molecule has 0 atom stereocenters. The fourth-order valence-electron chi connectivity index (χ4n) is 1.27. The van der Waals surface area contributed by atoms with Crippen LogP contribution in [0.25, 0.3) is 0 Å². The maximum absolute atomic E-state index is 2.29. The molecule has 0 heteroatoms. The van der Waals surface area contributed by atoms with Gasteiger partial charge in [-0.3, -0.25) is 0 Å². The Bertz CT molecular complexity index is 246. The normalized spacial score (nSPS) is 9.94. The molecule has 1 aromatic carbocycles. The minimum absolute atomic E-state index is 1.07. The second kappa shape index (κ2) is 12.0. The molecule has 0 unspecified atom stereocenters. The van der Waals surface area contributed by atoms with Gasteiger partial charge < -0.3 is 0 Å². The molecule has 0 spiro atoms. The minimum atomic E-state index is 1.07. The molecule has 0 N–H and O–H groups in total. The van der Waals surface area contributed by atoms with Crippen LogP contribution < -0.4 is 0 Å². The first-order valence-electron chi connectivity index (χ1n) is 6.54. The molecule has 0 nitrogen and oxygen atoms in total. The number of benzene rings is 1. The van der Waals surface area contributed by atoms with Gasteiger partial charge in [-0.25, -0.2) is 0 Å². The summed E-state index contributed by atoms with van der Waals surface area (Å²) in [4.78, 5) is 0. The van der Waals surface area contributed by atoms with Gasteiger partial charge >= 0.3 is 0 Å². The molecule has 16 heavy (non-hydrogen) atoms. The molecule has 0 bridgehead atoms. The molecule has 90 valence electrons. The van der Waals surface area contributed by atoms with Crippen molar-refractivity contribution < 1.29 is 0 Å². The highest BCUT2D eigenvalue weighted by Crippen LogP contribution is 2.01. The van der Waals surface area contributed by atoms with Crippen LogP contribution in [0.4, 0.5) is 0 Å². The lowest BCUT2D eigenvalue weighted by Gasteiger charge is -1.94. The van der Waals surface area contributed by atoms with E-state index >= 15 is 0 Å². The average Bonchev–Trinajstić information content (AvgIpc) is 2.31. The zero-order valence-corrected chi connectivity index (χ0v) is 11.1. The summed E-state index contributed by atoms with van der Waals surface area (Å²) in [7, 11) is 0. The number of allylic oxidation sites excluding steroid dienone is 2.